The summed E-state index contributed by atoms with van der Waals surface area (Å²) in [5.74, 6) is -4.40. The molecule has 8 N–H and O–H groups in total. The Balaban J connectivity index is 2.83. The number of hydrogen-bond donors (Lipinski definition) is 7. The number of hydrogen-bond acceptors (Lipinski definition) is 7. The zero-order chi connectivity index (χ0) is 25.1. The van der Waals surface area contributed by atoms with Crippen molar-refractivity contribution in [3.05, 3.63) is 18.2 Å². The van der Waals surface area contributed by atoms with Crippen LogP contribution in [0.25, 0.3) is 0 Å². The maximum Gasteiger partial charge on any atom is 0.326 e. The first kappa shape index (κ1) is 27.6. The van der Waals surface area contributed by atoms with Crippen molar-refractivity contribution >= 4 is 29.7 Å². The molecule has 1 heterocycles. The molecule has 4 atom stereocenters. The maximum absolute atomic E-state index is 12.8. The Morgan fingerprint density at radius 1 is 1.00 bits per heavy atom. The number of carbonyl (C=O) groups is 5. The van der Waals surface area contributed by atoms with E-state index in [9.17, 15) is 29.1 Å². The second kappa shape index (κ2) is 13.2. The first-order chi connectivity index (χ1) is 15.4. The van der Waals surface area contributed by atoms with Gasteiger partial charge in [-0.05, 0) is 25.7 Å². The van der Waals surface area contributed by atoms with Crippen molar-refractivity contribution in [2.45, 2.75) is 70.6 Å². The predicted octanol–water partition coefficient (Wildman–Crippen LogP) is -1.25. The number of aromatic amines is 1. The summed E-state index contributed by atoms with van der Waals surface area (Å²) in [6.07, 6.45) is 2.63. The van der Waals surface area contributed by atoms with Gasteiger partial charge >= 0.3 is 11.9 Å². The number of amides is 3. The molecule has 1 aromatic rings. The molecule has 0 fully saturated rings. The number of H-pyrrole nitrogens is 1. The highest BCUT2D eigenvalue weighted by atomic mass is 16.4. The fraction of sp³-hybridized carbons (Fsp3) is 0.600. The summed E-state index contributed by atoms with van der Waals surface area (Å²) in [7, 11) is 0. The predicted molar refractivity (Wildman–Crippen MR) is 116 cm³/mol. The minimum absolute atomic E-state index is 0.00264. The first-order valence-electron chi connectivity index (χ1n) is 10.5. The van der Waals surface area contributed by atoms with Crippen LogP contribution in [0.15, 0.2) is 12.5 Å². The summed E-state index contributed by atoms with van der Waals surface area (Å²) in [5.41, 5.74) is 6.24. The van der Waals surface area contributed by atoms with Gasteiger partial charge in [0.15, 0.2) is 0 Å². The third-order valence-corrected chi connectivity index (χ3v) is 4.69. The van der Waals surface area contributed by atoms with Crippen molar-refractivity contribution in [3.8, 4) is 0 Å². The van der Waals surface area contributed by atoms with Gasteiger partial charge in [-0.2, -0.15) is 0 Å². The topological polar surface area (TPSA) is 217 Å². The molecule has 184 valence electrons. The standard InChI is InChI=1S/C20H32N6O7/c1-10(2)6-15(20(32)33)26-17(29)11(3)24-19(31)14(7-12-8-22-9-23-12)25-18(30)13(21)4-5-16(27)28/h8-11,13-15H,4-7,21H2,1-3H3,(H,22,23)(H,24,31)(H,25,30)(H,26,29)(H,27,28)(H,32,33). The minimum atomic E-state index is -1.18. The number of nitrogens with two attached hydrogens (primary N) is 1. The van der Waals surface area contributed by atoms with E-state index in [0.29, 0.717) is 5.69 Å². The average molecular weight is 469 g/mol. The van der Waals surface area contributed by atoms with Gasteiger partial charge in [0.25, 0.3) is 0 Å². The maximum atomic E-state index is 12.8. The molecule has 0 bridgehead atoms. The highest BCUT2D eigenvalue weighted by Gasteiger charge is 2.29. The van der Waals surface area contributed by atoms with Crippen LogP contribution in [-0.2, 0) is 30.4 Å². The van der Waals surface area contributed by atoms with Crippen molar-refractivity contribution in [2.24, 2.45) is 11.7 Å². The fourth-order valence-electron chi connectivity index (χ4n) is 2.88. The van der Waals surface area contributed by atoms with E-state index in [0.717, 1.165) is 0 Å². The van der Waals surface area contributed by atoms with Crippen molar-refractivity contribution in [2.75, 3.05) is 0 Å². The summed E-state index contributed by atoms with van der Waals surface area (Å²) in [6.45, 7) is 5.02. The van der Waals surface area contributed by atoms with Crippen LogP contribution in [0.4, 0.5) is 0 Å². The number of nitrogens with zero attached hydrogens (tertiary/aromatic N) is 1. The molecule has 13 heteroatoms. The van der Waals surface area contributed by atoms with Crippen molar-refractivity contribution < 1.29 is 34.2 Å². The molecule has 0 aliphatic heterocycles. The quantitative estimate of drug-likeness (QED) is 0.173. The lowest BCUT2D eigenvalue weighted by Crippen LogP contribution is -2.57. The summed E-state index contributed by atoms with van der Waals surface area (Å²) in [4.78, 5) is 66.3. The molecule has 0 radical (unpaired) electrons. The zero-order valence-corrected chi connectivity index (χ0v) is 18.8. The van der Waals surface area contributed by atoms with Crippen molar-refractivity contribution in [1.82, 2.24) is 25.9 Å². The van der Waals surface area contributed by atoms with Gasteiger partial charge in [0, 0.05) is 24.7 Å². The number of imidazole rings is 1. The summed E-state index contributed by atoms with van der Waals surface area (Å²) < 4.78 is 0. The van der Waals surface area contributed by atoms with Gasteiger partial charge in [-0.25, -0.2) is 9.78 Å². The zero-order valence-electron chi connectivity index (χ0n) is 18.8. The molecule has 1 rings (SSSR count). The number of carboxylic acids is 2. The lowest BCUT2D eigenvalue weighted by molar-refractivity contribution is -0.142. The van der Waals surface area contributed by atoms with E-state index >= 15 is 0 Å². The van der Waals surface area contributed by atoms with Crippen LogP contribution < -0.4 is 21.7 Å². The normalized spacial score (nSPS) is 14.6. The van der Waals surface area contributed by atoms with E-state index in [1.165, 1.54) is 19.4 Å². The Bertz CT molecular complexity index is 827. The van der Waals surface area contributed by atoms with E-state index in [4.69, 9.17) is 10.8 Å². The number of nitrogens with one attached hydrogen (secondary N) is 4. The number of carbonyl (C=O) groups excluding carboxylic acids is 3. The van der Waals surface area contributed by atoms with E-state index < -0.39 is 53.8 Å². The monoisotopic (exact) mass is 468 g/mol. The lowest BCUT2D eigenvalue weighted by Gasteiger charge is -2.23. The van der Waals surface area contributed by atoms with Crippen LogP contribution in [0.2, 0.25) is 0 Å². The molecule has 0 aromatic carbocycles. The Kier molecular flexibility index (Phi) is 11.0. The number of carboxylic acid groups (broad SMARTS) is 2. The Labute approximate surface area is 190 Å². The molecular weight excluding hydrogens is 436 g/mol. The van der Waals surface area contributed by atoms with E-state index in [1.807, 2.05) is 13.8 Å². The molecule has 3 amide bonds. The third kappa shape index (κ3) is 10.1. The average Bonchev–Trinajstić information content (AvgIpc) is 3.23. The van der Waals surface area contributed by atoms with Gasteiger partial charge in [0.1, 0.15) is 18.1 Å². The fourth-order valence-corrected chi connectivity index (χ4v) is 2.88. The largest absolute Gasteiger partial charge is 0.481 e. The van der Waals surface area contributed by atoms with Gasteiger partial charge in [-0.3, -0.25) is 19.2 Å². The molecule has 0 aliphatic carbocycles. The third-order valence-electron chi connectivity index (χ3n) is 4.69. The van der Waals surface area contributed by atoms with Gasteiger partial charge in [0.2, 0.25) is 17.7 Å². The van der Waals surface area contributed by atoms with Crippen LogP contribution in [0, 0.1) is 5.92 Å². The molecule has 13 nitrogen and oxygen atoms in total. The molecule has 33 heavy (non-hydrogen) atoms. The molecule has 0 spiro atoms. The van der Waals surface area contributed by atoms with Gasteiger partial charge < -0.3 is 36.9 Å². The second-order valence-corrected chi connectivity index (χ2v) is 8.14. The molecule has 0 saturated carbocycles. The highest BCUT2D eigenvalue weighted by molar-refractivity contribution is 5.94. The lowest BCUT2D eigenvalue weighted by atomic mass is 10.0. The van der Waals surface area contributed by atoms with Crippen molar-refractivity contribution in [1.29, 1.82) is 0 Å². The van der Waals surface area contributed by atoms with Crippen molar-refractivity contribution in [3.63, 3.8) is 0 Å². The SMILES string of the molecule is CC(C)CC(NC(=O)C(C)NC(=O)C(Cc1cnc[nH]1)NC(=O)C(N)CCC(=O)O)C(=O)O. The summed E-state index contributed by atoms with van der Waals surface area (Å²) in [6, 6.07) is -4.49. The highest BCUT2D eigenvalue weighted by Crippen LogP contribution is 2.06. The van der Waals surface area contributed by atoms with E-state index in [-0.39, 0.29) is 31.6 Å². The number of aliphatic carboxylic acids is 2. The molecule has 0 aliphatic rings. The molecule has 0 saturated heterocycles. The molecule has 4 unspecified atom stereocenters. The van der Waals surface area contributed by atoms with Gasteiger partial charge in [-0.15, -0.1) is 0 Å². The minimum Gasteiger partial charge on any atom is -0.481 e. The summed E-state index contributed by atoms with van der Waals surface area (Å²) in [5, 5.41) is 25.3. The van der Waals surface area contributed by atoms with E-state index in [1.54, 1.807) is 0 Å². The number of aromatic nitrogens is 2. The first-order valence-corrected chi connectivity index (χ1v) is 10.5. The van der Waals surface area contributed by atoms with Gasteiger partial charge in [0.05, 0.1) is 12.4 Å². The van der Waals surface area contributed by atoms with Crippen LogP contribution >= 0.6 is 0 Å². The Morgan fingerprint density at radius 2 is 1.64 bits per heavy atom. The summed E-state index contributed by atoms with van der Waals surface area (Å²) >= 11 is 0. The van der Waals surface area contributed by atoms with Crippen LogP contribution in [0.3, 0.4) is 0 Å². The second-order valence-electron chi connectivity index (χ2n) is 8.14. The smallest absolute Gasteiger partial charge is 0.326 e. The van der Waals surface area contributed by atoms with Crippen LogP contribution in [-0.4, -0.2) is 74.0 Å². The Morgan fingerprint density at radius 3 is 2.15 bits per heavy atom. The van der Waals surface area contributed by atoms with Crippen LogP contribution in [0.1, 0.15) is 45.7 Å². The number of rotatable bonds is 14. The molecule has 1 aromatic heterocycles. The molecular formula is C20H32N6O7. The van der Waals surface area contributed by atoms with E-state index in [2.05, 4.69) is 25.9 Å². The Hall–Kier alpha value is -3.48. The van der Waals surface area contributed by atoms with Gasteiger partial charge in [-0.1, -0.05) is 13.8 Å². The van der Waals surface area contributed by atoms with Crippen LogP contribution in [0.5, 0.6) is 0 Å².